The van der Waals surface area contributed by atoms with Crippen LogP contribution < -0.4 is 11.1 Å². The fraction of sp³-hybridized carbons (Fsp3) is 0.692. The van der Waals surface area contributed by atoms with Gasteiger partial charge in [0.25, 0.3) is 0 Å². The van der Waals surface area contributed by atoms with E-state index in [-0.39, 0.29) is 11.9 Å². The normalized spacial score (nSPS) is 14.7. The average Bonchev–Trinajstić information content (AvgIpc) is 2.64. The number of rotatable bonds is 7. The molecule has 0 aromatic carbocycles. The minimum absolute atomic E-state index is 0.195. The van der Waals surface area contributed by atoms with Crippen LogP contribution in [-0.4, -0.2) is 27.0 Å². The number of nitrogens with one attached hydrogen (secondary N) is 1. The van der Waals surface area contributed by atoms with E-state index < -0.39 is 5.54 Å². The monoisotopic (exact) mass is 252 g/mol. The van der Waals surface area contributed by atoms with Crippen molar-refractivity contribution in [3.8, 4) is 0 Å². The van der Waals surface area contributed by atoms with E-state index in [4.69, 9.17) is 5.73 Å². The summed E-state index contributed by atoms with van der Waals surface area (Å²) >= 11 is 0. The number of carbonyl (C=O) groups is 1. The van der Waals surface area contributed by atoms with Crippen molar-refractivity contribution in [2.24, 2.45) is 5.73 Å². The van der Waals surface area contributed by atoms with Gasteiger partial charge in [-0.3, -0.25) is 10.1 Å². The first kappa shape index (κ1) is 14.7. The highest BCUT2D eigenvalue weighted by Gasteiger charge is 2.32. The summed E-state index contributed by atoms with van der Waals surface area (Å²) in [7, 11) is 0. The van der Waals surface area contributed by atoms with Crippen LogP contribution in [0.25, 0.3) is 0 Å². The van der Waals surface area contributed by atoms with Gasteiger partial charge in [-0.15, -0.1) is 0 Å². The Balaban J connectivity index is 2.89. The Hall–Kier alpha value is -1.36. The van der Waals surface area contributed by atoms with E-state index in [2.05, 4.69) is 17.2 Å². The molecule has 1 aromatic heterocycles. The third-order valence-electron chi connectivity index (χ3n) is 2.91. The molecule has 0 saturated heterocycles. The molecule has 1 unspecified atom stereocenters. The Morgan fingerprint density at radius 3 is 2.78 bits per heavy atom. The van der Waals surface area contributed by atoms with Crippen LogP contribution in [0.5, 0.6) is 0 Å². The molecule has 0 aliphatic carbocycles. The van der Waals surface area contributed by atoms with Gasteiger partial charge in [0.2, 0.25) is 5.91 Å². The van der Waals surface area contributed by atoms with E-state index in [0.717, 1.165) is 18.7 Å². The summed E-state index contributed by atoms with van der Waals surface area (Å²) in [4.78, 5) is 16.0. The first-order valence-corrected chi connectivity index (χ1v) is 6.46. The minimum Gasteiger partial charge on any atom is -0.368 e. The molecule has 0 saturated carbocycles. The molecule has 0 bridgehead atoms. The zero-order valence-corrected chi connectivity index (χ0v) is 11.7. The molecule has 102 valence electrons. The number of carbonyl (C=O) groups excluding carboxylic acids is 1. The molecule has 0 aliphatic heterocycles. The van der Waals surface area contributed by atoms with Crippen molar-refractivity contribution in [2.45, 2.75) is 58.7 Å². The molecule has 0 radical (unpaired) electrons. The summed E-state index contributed by atoms with van der Waals surface area (Å²) in [5.41, 5.74) is 4.77. The zero-order valence-electron chi connectivity index (χ0n) is 11.7. The third kappa shape index (κ3) is 3.57. The lowest BCUT2D eigenvalue weighted by Crippen LogP contribution is -2.58. The number of primary amides is 1. The SMILES string of the molecule is CCCc1nccn1CC(C)(NC(C)C)C(N)=O. The quantitative estimate of drug-likeness (QED) is 0.762. The van der Waals surface area contributed by atoms with E-state index in [9.17, 15) is 4.79 Å². The average molecular weight is 252 g/mol. The number of hydrogen-bond acceptors (Lipinski definition) is 3. The van der Waals surface area contributed by atoms with Gasteiger partial charge in [-0.05, 0) is 27.2 Å². The third-order valence-corrected chi connectivity index (χ3v) is 2.91. The molecular weight excluding hydrogens is 228 g/mol. The summed E-state index contributed by atoms with van der Waals surface area (Å²) in [6.07, 6.45) is 5.60. The highest BCUT2D eigenvalue weighted by molar-refractivity contribution is 5.84. The summed E-state index contributed by atoms with van der Waals surface area (Å²) < 4.78 is 2.00. The lowest BCUT2D eigenvalue weighted by molar-refractivity contribution is -0.124. The van der Waals surface area contributed by atoms with Gasteiger partial charge in [0.15, 0.2) is 0 Å². The van der Waals surface area contributed by atoms with Gasteiger partial charge < -0.3 is 10.3 Å². The van der Waals surface area contributed by atoms with Crippen LogP contribution in [-0.2, 0) is 17.8 Å². The number of amides is 1. The molecule has 3 N–H and O–H groups in total. The Labute approximate surface area is 109 Å². The lowest BCUT2D eigenvalue weighted by Gasteiger charge is -2.30. The maximum atomic E-state index is 11.7. The topological polar surface area (TPSA) is 72.9 Å². The standard InChI is InChI=1S/C13H24N4O/c1-5-6-11-15-7-8-17(11)9-13(4,12(14)18)16-10(2)3/h7-8,10,16H,5-6,9H2,1-4H3,(H2,14,18). The van der Waals surface area contributed by atoms with Crippen molar-refractivity contribution in [2.75, 3.05) is 0 Å². The predicted octanol–water partition coefficient (Wildman–Crippen LogP) is 1.08. The molecule has 1 atom stereocenters. The van der Waals surface area contributed by atoms with Gasteiger partial charge in [-0.1, -0.05) is 6.92 Å². The number of aryl methyl sites for hydroxylation is 1. The van der Waals surface area contributed by atoms with Gasteiger partial charge in [0, 0.05) is 24.9 Å². The van der Waals surface area contributed by atoms with Gasteiger partial charge in [-0.2, -0.15) is 0 Å². The van der Waals surface area contributed by atoms with Crippen molar-refractivity contribution < 1.29 is 4.79 Å². The summed E-state index contributed by atoms with van der Waals surface area (Å²) in [5.74, 6) is 0.655. The fourth-order valence-corrected chi connectivity index (χ4v) is 2.11. The van der Waals surface area contributed by atoms with Crippen LogP contribution in [0.2, 0.25) is 0 Å². The molecule has 0 fully saturated rings. The van der Waals surface area contributed by atoms with Crippen LogP contribution >= 0.6 is 0 Å². The molecule has 18 heavy (non-hydrogen) atoms. The minimum atomic E-state index is -0.753. The first-order chi connectivity index (χ1) is 8.39. The number of nitrogens with zero attached hydrogens (tertiary/aromatic N) is 2. The van der Waals surface area contributed by atoms with E-state index in [1.165, 1.54) is 0 Å². The number of aromatic nitrogens is 2. The second-order valence-electron chi connectivity index (χ2n) is 5.22. The second kappa shape index (κ2) is 6.00. The van der Waals surface area contributed by atoms with Crippen LogP contribution in [0, 0.1) is 0 Å². The Morgan fingerprint density at radius 1 is 1.61 bits per heavy atom. The van der Waals surface area contributed by atoms with Crippen LogP contribution in [0.1, 0.15) is 39.9 Å². The molecule has 1 heterocycles. The molecule has 1 aromatic rings. The van der Waals surface area contributed by atoms with Gasteiger partial charge in [-0.25, -0.2) is 4.98 Å². The molecular formula is C13H24N4O. The summed E-state index contributed by atoms with van der Waals surface area (Å²) in [6, 6.07) is 0.195. The fourth-order valence-electron chi connectivity index (χ4n) is 2.11. The highest BCUT2D eigenvalue weighted by atomic mass is 16.1. The largest absolute Gasteiger partial charge is 0.368 e. The Kier molecular flexibility index (Phi) is 4.90. The number of imidazole rings is 1. The van der Waals surface area contributed by atoms with Crippen molar-refractivity contribution in [3.05, 3.63) is 18.2 Å². The van der Waals surface area contributed by atoms with Gasteiger partial charge in [0.1, 0.15) is 11.4 Å². The van der Waals surface area contributed by atoms with E-state index in [1.807, 2.05) is 31.5 Å². The molecule has 0 aliphatic rings. The molecule has 1 amide bonds. The molecule has 0 spiro atoms. The van der Waals surface area contributed by atoms with E-state index in [0.29, 0.717) is 6.54 Å². The van der Waals surface area contributed by atoms with E-state index >= 15 is 0 Å². The van der Waals surface area contributed by atoms with Crippen LogP contribution in [0.4, 0.5) is 0 Å². The maximum Gasteiger partial charge on any atom is 0.239 e. The first-order valence-electron chi connectivity index (χ1n) is 6.46. The van der Waals surface area contributed by atoms with Gasteiger partial charge >= 0.3 is 0 Å². The van der Waals surface area contributed by atoms with Crippen molar-refractivity contribution in [1.29, 1.82) is 0 Å². The highest BCUT2D eigenvalue weighted by Crippen LogP contribution is 2.12. The van der Waals surface area contributed by atoms with E-state index in [1.54, 1.807) is 6.20 Å². The molecule has 1 rings (SSSR count). The van der Waals surface area contributed by atoms with Crippen molar-refractivity contribution in [3.63, 3.8) is 0 Å². The summed E-state index contributed by atoms with van der Waals surface area (Å²) in [6.45, 7) is 8.46. The Morgan fingerprint density at radius 2 is 2.28 bits per heavy atom. The number of hydrogen-bond donors (Lipinski definition) is 2. The smallest absolute Gasteiger partial charge is 0.239 e. The molecule has 5 heteroatoms. The van der Waals surface area contributed by atoms with Crippen LogP contribution in [0.15, 0.2) is 12.4 Å². The lowest BCUT2D eigenvalue weighted by atomic mass is 10.00. The van der Waals surface area contributed by atoms with Crippen LogP contribution in [0.3, 0.4) is 0 Å². The zero-order chi connectivity index (χ0) is 13.8. The maximum absolute atomic E-state index is 11.7. The number of nitrogens with two attached hydrogens (primary N) is 1. The Bertz CT molecular complexity index is 399. The summed E-state index contributed by atoms with van der Waals surface area (Å²) in [5, 5.41) is 3.24. The second-order valence-corrected chi connectivity index (χ2v) is 5.22. The van der Waals surface area contributed by atoms with Gasteiger partial charge in [0.05, 0.1) is 6.54 Å². The molecule has 5 nitrogen and oxygen atoms in total. The van der Waals surface area contributed by atoms with Crippen molar-refractivity contribution in [1.82, 2.24) is 14.9 Å². The van der Waals surface area contributed by atoms with Crippen molar-refractivity contribution >= 4 is 5.91 Å². The predicted molar refractivity (Wildman–Crippen MR) is 72.1 cm³/mol.